The van der Waals surface area contributed by atoms with E-state index in [1.54, 1.807) is 0 Å². The van der Waals surface area contributed by atoms with Crippen LogP contribution in [0.4, 0.5) is 0 Å². The first-order chi connectivity index (χ1) is 10.8. The molecule has 0 amide bonds. The van der Waals surface area contributed by atoms with Crippen LogP contribution < -0.4 is 0 Å². The molecular formula is C20H30O2Si. The largest absolute Gasteiger partial charge is 0.481 e. The van der Waals surface area contributed by atoms with E-state index >= 15 is 0 Å². The fourth-order valence-corrected chi connectivity index (χ4v) is 2.88. The SMILES string of the molecule is C=COC(C#CCCCO[Si](C)(C)C(C)(C)C)c1ccccc1. The summed E-state index contributed by atoms with van der Waals surface area (Å²) in [7, 11) is -1.64. The van der Waals surface area contributed by atoms with Gasteiger partial charge in [0.25, 0.3) is 0 Å². The monoisotopic (exact) mass is 330 g/mol. The Morgan fingerprint density at radius 1 is 1.22 bits per heavy atom. The van der Waals surface area contributed by atoms with Gasteiger partial charge in [0, 0.05) is 18.6 Å². The van der Waals surface area contributed by atoms with Gasteiger partial charge in [0.15, 0.2) is 14.4 Å². The lowest BCUT2D eigenvalue weighted by molar-refractivity contribution is 0.199. The Bertz CT molecular complexity index is 532. The molecule has 0 saturated heterocycles. The van der Waals surface area contributed by atoms with E-state index in [2.05, 4.69) is 52.3 Å². The molecular weight excluding hydrogens is 300 g/mol. The van der Waals surface area contributed by atoms with Crippen molar-refractivity contribution >= 4 is 8.32 Å². The molecule has 3 heteroatoms. The zero-order valence-corrected chi connectivity index (χ0v) is 16.2. The molecule has 0 bridgehead atoms. The Hall–Kier alpha value is -1.50. The molecule has 0 aliphatic heterocycles. The summed E-state index contributed by atoms with van der Waals surface area (Å²) >= 11 is 0. The lowest BCUT2D eigenvalue weighted by Gasteiger charge is -2.36. The molecule has 1 atom stereocenters. The Morgan fingerprint density at radius 2 is 1.87 bits per heavy atom. The molecule has 1 rings (SSSR count). The highest BCUT2D eigenvalue weighted by Gasteiger charge is 2.36. The lowest BCUT2D eigenvalue weighted by Crippen LogP contribution is -2.40. The minimum absolute atomic E-state index is 0.241. The Labute approximate surface area is 143 Å². The minimum Gasteiger partial charge on any atom is -0.481 e. The molecule has 1 aromatic carbocycles. The first-order valence-electron chi connectivity index (χ1n) is 8.21. The van der Waals surface area contributed by atoms with E-state index in [1.807, 2.05) is 30.3 Å². The van der Waals surface area contributed by atoms with Crippen LogP contribution in [0.5, 0.6) is 0 Å². The number of rotatable bonds is 7. The van der Waals surface area contributed by atoms with Crippen LogP contribution >= 0.6 is 0 Å². The molecule has 1 aromatic rings. The van der Waals surface area contributed by atoms with Gasteiger partial charge in [-0.3, -0.25) is 0 Å². The van der Waals surface area contributed by atoms with Crippen LogP contribution in [0, 0.1) is 11.8 Å². The fourth-order valence-electron chi connectivity index (χ4n) is 1.79. The standard InChI is InChI=1S/C20H30O2Si/c1-7-21-19(18-14-10-8-11-15-18)16-12-9-13-17-22-23(5,6)20(2,3)4/h7-8,10-11,14-15,19H,1,9,13,17H2,2-6H3. The highest BCUT2D eigenvalue weighted by Crippen LogP contribution is 2.36. The molecule has 0 radical (unpaired) electrons. The molecule has 2 nitrogen and oxygen atoms in total. The van der Waals surface area contributed by atoms with Gasteiger partial charge in [0.2, 0.25) is 0 Å². The Kier molecular flexibility index (Phi) is 7.61. The first kappa shape index (κ1) is 19.5. The average Bonchev–Trinajstić information content (AvgIpc) is 2.49. The molecule has 0 fully saturated rings. The Morgan fingerprint density at radius 3 is 2.43 bits per heavy atom. The van der Waals surface area contributed by atoms with Gasteiger partial charge in [0.05, 0.1) is 6.26 Å². The van der Waals surface area contributed by atoms with Crippen molar-refractivity contribution in [3.63, 3.8) is 0 Å². The van der Waals surface area contributed by atoms with Crippen molar-refractivity contribution in [2.45, 2.75) is 57.8 Å². The van der Waals surface area contributed by atoms with E-state index < -0.39 is 8.32 Å². The van der Waals surface area contributed by atoms with Crippen molar-refractivity contribution in [1.82, 2.24) is 0 Å². The molecule has 0 N–H and O–H groups in total. The van der Waals surface area contributed by atoms with Crippen molar-refractivity contribution in [3.05, 3.63) is 48.7 Å². The van der Waals surface area contributed by atoms with Gasteiger partial charge >= 0.3 is 0 Å². The first-order valence-corrected chi connectivity index (χ1v) is 11.1. The molecule has 0 spiro atoms. The highest BCUT2D eigenvalue weighted by atomic mass is 28.4. The summed E-state index contributed by atoms with van der Waals surface area (Å²) in [5, 5.41) is 0.259. The molecule has 0 aliphatic rings. The number of benzene rings is 1. The normalized spacial score (nSPS) is 12.9. The van der Waals surface area contributed by atoms with Crippen molar-refractivity contribution in [2.24, 2.45) is 0 Å². The molecule has 126 valence electrons. The van der Waals surface area contributed by atoms with Crippen LogP contribution in [-0.4, -0.2) is 14.9 Å². The maximum absolute atomic E-state index is 6.16. The average molecular weight is 331 g/mol. The number of hydrogen-bond acceptors (Lipinski definition) is 2. The van der Waals surface area contributed by atoms with Crippen molar-refractivity contribution in [1.29, 1.82) is 0 Å². The van der Waals surface area contributed by atoms with Crippen LogP contribution in [0.3, 0.4) is 0 Å². The quantitative estimate of drug-likeness (QED) is 0.276. The maximum Gasteiger partial charge on any atom is 0.191 e. The second kappa shape index (κ2) is 8.96. The third-order valence-electron chi connectivity index (χ3n) is 4.28. The van der Waals surface area contributed by atoms with Crippen LogP contribution in [0.25, 0.3) is 0 Å². The Balaban J connectivity index is 2.46. The molecule has 23 heavy (non-hydrogen) atoms. The molecule has 0 aromatic heterocycles. The highest BCUT2D eigenvalue weighted by molar-refractivity contribution is 6.74. The third-order valence-corrected chi connectivity index (χ3v) is 8.82. The second-order valence-electron chi connectivity index (χ2n) is 7.13. The summed E-state index contributed by atoms with van der Waals surface area (Å²) < 4.78 is 11.7. The van der Waals surface area contributed by atoms with E-state index in [-0.39, 0.29) is 11.1 Å². The predicted molar refractivity (Wildman–Crippen MR) is 101 cm³/mol. The maximum atomic E-state index is 6.16. The topological polar surface area (TPSA) is 18.5 Å². The van der Waals surface area contributed by atoms with E-state index in [0.717, 1.165) is 25.0 Å². The summed E-state index contributed by atoms with van der Waals surface area (Å²) in [6.07, 6.45) is 2.98. The van der Waals surface area contributed by atoms with Gasteiger partial charge in [-0.25, -0.2) is 0 Å². The second-order valence-corrected chi connectivity index (χ2v) is 11.9. The minimum atomic E-state index is -1.64. The summed E-state index contributed by atoms with van der Waals surface area (Å²) in [5.74, 6) is 6.38. The van der Waals surface area contributed by atoms with Crippen LogP contribution in [0.15, 0.2) is 43.2 Å². The fraction of sp³-hybridized carbons (Fsp3) is 0.500. The molecule has 1 unspecified atom stereocenters. The number of hydrogen-bond donors (Lipinski definition) is 0. The van der Waals surface area contributed by atoms with Crippen molar-refractivity contribution in [3.8, 4) is 11.8 Å². The van der Waals surface area contributed by atoms with Crippen LogP contribution in [0.2, 0.25) is 18.1 Å². The zero-order chi connectivity index (χ0) is 17.3. The van der Waals surface area contributed by atoms with E-state index in [0.29, 0.717) is 0 Å². The van der Waals surface area contributed by atoms with Crippen molar-refractivity contribution in [2.75, 3.05) is 6.61 Å². The van der Waals surface area contributed by atoms with Crippen LogP contribution in [0.1, 0.15) is 45.3 Å². The van der Waals surface area contributed by atoms with Gasteiger partial charge in [-0.05, 0) is 24.6 Å². The van der Waals surface area contributed by atoms with E-state index in [1.165, 1.54) is 6.26 Å². The zero-order valence-electron chi connectivity index (χ0n) is 15.2. The van der Waals surface area contributed by atoms with Gasteiger partial charge in [-0.2, -0.15) is 0 Å². The number of unbranched alkanes of at least 4 members (excludes halogenated alkanes) is 1. The lowest BCUT2D eigenvalue weighted by atomic mass is 10.1. The molecule has 0 heterocycles. The molecule has 0 saturated carbocycles. The smallest absolute Gasteiger partial charge is 0.191 e. The van der Waals surface area contributed by atoms with Gasteiger partial charge in [-0.1, -0.05) is 69.5 Å². The van der Waals surface area contributed by atoms with E-state index in [9.17, 15) is 0 Å². The summed E-state index contributed by atoms with van der Waals surface area (Å²) in [5.41, 5.74) is 1.05. The summed E-state index contributed by atoms with van der Waals surface area (Å²) in [6, 6.07) is 10.00. The van der Waals surface area contributed by atoms with Gasteiger partial charge in [-0.15, -0.1) is 0 Å². The van der Waals surface area contributed by atoms with E-state index in [4.69, 9.17) is 9.16 Å². The summed E-state index contributed by atoms with van der Waals surface area (Å²) in [6.45, 7) is 15.7. The predicted octanol–water partition coefficient (Wildman–Crippen LogP) is 5.69. The van der Waals surface area contributed by atoms with Gasteiger partial charge in [0.1, 0.15) is 0 Å². The third kappa shape index (κ3) is 6.64. The van der Waals surface area contributed by atoms with Crippen LogP contribution in [-0.2, 0) is 9.16 Å². The van der Waals surface area contributed by atoms with Gasteiger partial charge < -0.3 is 9.16 Å². The molecule has 0 aliphatic carbocycles. The summed E-state index contributed by atoms with van der Waals surface area (Å²) in [4.78, 5) is 0. The van der Waals surface area contributed by atoms with Crippen molar-refractivity contribution < 1.29 is 9.16 Å². The number of ether oxygens (including phenoxy) is 1.